The third kappa shape index (κ3) is 4.15. The zero-order chi connectivity index (χ0) is 12.0. The van der Waals surface area contributed by atoms with Gasteiger partial charge >= 0.3 is 0 Å². The first kappa shape index (κ1) is 12.9. The van der Waals surface area contributed by atoms with Gasteiger partial charge in [0.15, 0.2) is 0 Å². The molecule has 1 aromatic rings. The summed E-state index contributed by atoms with van der Waals surface area (Å²) in [4.78, 5) is 11.8. The van der Waals surface area contributed by atoms with Crippen LogP contribution in [0.15, 0.2) is 30.3 Å². The summed E-state index contributed by atoms with van der Waals surface area (Å²) >= 11 is 0. The van der Waals surface area contributed by atoms with Gasteiger partial charge in [0.25, 0.3) is 0 Å². The Morgan fingerprint density at radius 2 is 1.88 bits per heavy atom. The molecule has 0 aliphatic carbocycles. The van der Waals surface area contributed by atoms with Gasteiger partial charge < -0.3 is 5.32 Å². The molecule has 1 rings (SSSR count). The lowest BCUT2D eigenvalue weighted by atomic mass is 10.0. The maximum Gasteiger partial charge on any atom is 0.149 e. The maximum absolute atomic E-state index is 11.8. The van der Waals surface area contributed by atoms with Gasteiger partial charge in [-0.2, -0.15) is 0 Å². The zero-order valence-corrected chi connectivity index (χ0v) is 10.4. The summed E-state index contributed by atoms with van der Waals surface area (Å²) in [6.07, 6.45) is 1.38. The fourth-order valence-electron chi connectivity index (χ4n) is 1.76. The third-order valence-corrected chi connectivity index (χ3v) is 2.55. The summed E-state index contributed by atoms with van der Waals surface area (Å²) in [6.45, 7) is 6.06. The van der Waals surface area contributed by atoms with Crippen LogP contribution < -0.4 is 5.32 Å². The number of carbonyl (C=O) groups excluding carboxylic acids is 1. The van der Waals surface area contributed by atoms with E-state index in [4.69, 9.17) is 0 Å². The van der Waals surface area contributed by atoms with Gasteiger partial charge in [0.05, 0.1) is 6.04 Å². The normalized spacial score (nSPS) is 12.8. The van der Waals surface area contributed by atoms with E-state index in [1.807, 2.05) is 25.1 Å². The fraction of sp³-hybridized carbons (Fsp3) is 0.500. The molecule has 0 saturated heterocycles. The Bertz CT molecular complexity index is 319. The quantitative estimate of drug-likeness (QED) is 0.796. The van der Waals surface area contributed by atoms with Crippen LogP contribution >= 0.6 is 0 Å². The molecule has 0 bridgehead atoms. The molecular weight excluding hydrogens is 198 g/mol. The monoisotopic (exact) mass is 219 g/mol. The maximum atomic E-state index is 11.8. The van der Waals surface area contributed by atoms with E-state index in [1.165, 1.54) is 5.56 Å². The highest BCUT2D eigenvalue weighted by Crippen LogP contribution is 2.06. The number of carbonyl (C=O) groups is 1. The highest BCUT2D eigenvalue weighted by molar-refractivity contribution is 5.84. The van der Waals surface area contributed by atoms with E-state index < -0.39 is 0 Å². The minimum absolute atomic E-state index is 0.0487. The van der Waals surface area contributed by atoms with E-state index >= 15 is 0 Å². The lowest BCUT2D eigenvalue weighted by molar-refractivity contribution is -0.120. The first-order valence-electron chi connectivity index (χ1n) is 5.96. The summed E-state index contributed by atoms with van der Waals surface area (Å²) < 4.78 is 0. The van der Waals surface area contributed by atoms with E-state index in [0.717, 1.165) is 6.42 Å². The Hall–Kier alpha value is -1.15. The van der Waals surface area contributed by atoms with Crippen LogP contribution in [-0.2, 0) is 11.2 Å². The molecule has 0 radical (unpaired) electrons. The second kappa shape index (κ2) is 6.44. The molecule has 0 fully saturated rings. The van der Waals surface area contributed by atoms with Crippen LogP contribution in [0.5, 0.6) is 0 Å². The average Bonchev–Trinajstić information content (AvgIpc) is 2.28. The number of benzene rings is 1. The van der Waals surface area contributed by atoms with Crippen molar-refractivity contribution in [2.75, 3.05) is 0 Å². The average molecular weight is 219 g/mol. The Kier molecular flexibility index (Phi) is 5.20. The topological polar surface area (TPSA) is 29.1 Å². The molecule has 0 amide bonds. The highest BCUT2D eigenvalue weighted by Gasteiger charge is 2.17. The second-order valence-electron chi connectivity index (χ2n) is 4.38. The van der Waals surface area contributed by atoms with Crippen molar-refractivity contribution in [2.24, 2.45) is 0 Å². The van der Waals surface area contributed by atoms with Gasteiger partial charge in [0.1, 0.15) is 5.78 Å². The molecule has 0 aliphatic heterocycles. The number of rotatable bonds is 6. The van der Waals surface area contributed by atoms with E-state index in [0.29, 0.717) is 12.5 Å². The number of nitrogens with one attached hydrogen (secondary N) is 1. The molecule has 0 aromatic heterocycles. The third-order valence-electron chi connectivity index (χ3n) is 2.55. The molecule has 88 valence electrons. The standard InChI is InChI=1S/C14H21NO/c1-4-14(16)13(15-11(2)3)10-12-8-6-5-7-9-12/h5-9,11,13,15H,4,10H2,1-3H3/t13-/m1/s1. The summed E-state index contributed by atoms with van der Waals surface area (Å²) in [5.41, 5.74) is 1.21. The van der Waals surface area contributed by atoms with Crippen molar-refractivity contribution < 1.29 is 4.79 Å². The number of hydrogen-bond donors (Lipinski definition) is 1. The van der Waals surface area contributed by atoms with Crippen molar-refractivity contribution in [3.05, 3.63) is 35.9 Å². The molecular formula is C14H21NO. The van der Waals surface area contributed by atoms with Crippen molar-refractivity contribution in [1.82, 2.24) is 5.32 Å². The fourth-order valence-corrected chi connectivity index (χ4v) is 1.76. The van der Waals surface area contributed by atoms with Crippen molar-refractivity contribution in [3.63, 3.8) is 0 Å². The van der Waals surface area contributed by atoms with Crippen LogP contribution in [0.25, 0.3) is 0 Å². The molecule has 0 aliphatic rings. The van der Waals surface area contributed by atoms with Gasteiger partial charge in [-0.15, -0.1) is 0 Å². The van der Waals surface area contributed by atoms with Crippen LogP contribution in [0.4, 0.5) is 0 Å². The molecule has 0 heterocycles. The minimum atomic E-state index is -0.0487. The van der Waals surface area contributed by atoms with Crippen LogP contribution in [0.3, 0.4) is 0 Å². The summed E-state index contributed by atoms with van der Waals surface area (Å²) in [6, 6.07) is 10.4. The first-order valence-corrected chi connectivity index (χ1v) is 5.96. The molecule has 1 atom stereocenters. The molecule has 0 saturated carbocycles. The van der Waals surface area contributed by atoms with Gasteiger partial charge in [0, 0.05) is 12.5 Å². The van der Waals surface area contributed by atoms with E-state index in [1.54, 1.807) is 0 Å². The Morgan fingerprint density at radius 1 is 1.25 bits per heavy atom. The molecule has 2 nitrogen and oxygen atoms in total. The zero-order valence-electron chi connectivity index (χ0n) is 10.4. The number of Topliss-reactive ketones (excluding diaryl/α,β-unsaturated/α-hetero) is 1. The Morgan fingerprint density at radius 3 is 2.38 bits per heavy atom. The van der Waals surface area contributed by atoms with Crippen molar-refractivity contribution in [1.29, 1.82) is 0 Å². The van der Waals surface area contributed by atoms with Gasteiger partial charge in [-0.1, -0.05) is 51.1 Å². The number of ketones is 1. The summed E-state index contributed by atoms with van der Waals surface area (Å²) in [5.74, 6) is 0.289. The van der Waals surface area contributed by atoms with Crippen LogP contribution in [0.2, 0.25) is 0 Å². The van der Waals surface area contributed by atoms with Gasteiger partial charge in [-0.25, -0.2) is 0 Å². The predicted octanol–water partition coefficient (Wildman–Crippen LogP) is 2.57. The molecule has 0 unspecified atom stereocenters. The Balaban J connectivity index is 2.67. The van der Waals surface area contributed by atoms with Crippen molar-refractivity contribution in [3.8, 4) is 0 Å². The Labute approximate surface area is 98.1 Å². The summed E-state index contributed by atoms with van der Waals surface area (Å²) in [5, 5.41) is 3.33. The molecule has 16 heavy (non-hydrogen) atoms. The molecule has 2 heteroatoms. The lowest BCUT2D eigenvalue weighted by Gasteiger charge is -2.19. The number of hydrogen-bond acceptors (Lipinski definition) is 2. The molecule has 1 aromatic carbocycles. The van der Waals surface area contributed by atoms with Crippen molar-refractivity contribution in [2.45, 2.75) is 45.7 Å². The van der Waals surface area contributed by atoms with Crippen LogP contribution in [0.1, 0.15) is 32.8 Å². The SMILES string of the molecule is CCC(=O)[C@@H](Cc1ccccc1)NC(C)C. The van der Waals surface area contributed by atoms with Crippen LogP contribution in [0, 0.1) is 0 Å². The minimum Gasteiger partial charge on any atom is -0.305 e. The highest BCUT2D eigenvalue weighted by atomic mass is 16.1. The predicted molar refractivity (Wildman–Crippen MR) is 67.5 cm³/mol. The van der Waals surface area contributed by atoms with E-state index in [9.17, 15) is 4.79 Å². The van der Waals surface area contributed by atoms with Gasteiger partial charge in [0.2, 0.25) is 0 Å². The first-order chi connectivity index (χ1) is 7.63. The van der Waals surface area contributed by atoms with E-state index in [-0.39, 0.29) is 11.8 Å². The van der Waals surface area contributed by atoms with Gasteiger partial charge in [-0.3, -0.25) is 4.79 Å². The van der Waals surface area contributed by atoms with E-state index in [2.05, 4.69) is 31.3 Å². The smallest absolute Gasteiger partial charge is 0.149 e. The summed E-state index contributed by atoms with van der Waals surface area (Å²) in [7, 11) is 0. The molecule has 0 spiro atoms. The lowest BCUT2D eigenvalue weighted by Crippen LogP contribution is -2.42. The largest absolute Gasteiger partial charge is 0.305 e. The van der Waals surface area contributed by atoms with Gasteiger partial charge in [-0.05, 0) is 12.0 Å². The second-order valence-corrected chi connectivity index (χ2v) is 4.38. The van der Waals surface area contributed by atoms with Crippen molar-refractivity contribution >= 4 is 5.78 Å². The van der Waals surface area contributed by atoms with Crippen LogP contribution in [-0.4, -0.2) is 17.9 Å². The molecule has 1 N–H and O–H groups in total.